The molecular formula is C21H23N3O3. The number of H-pyrrole nitrogens is 1. The molecule has 1 aromatic heterocycles. The number of aromatic nitrogens is 1. The van der Waals surface area contributed by atoms with Crippen molar-refractivity contribution in [3.63, 3.8) is 0 Å². The van der Waals surface area contributed by atoms with Gasteiger partial charge in [0.1, 0.15) is 11.7 Å². The third-order valence-corrected chi connectivity index (χ3v) is 4.54. The molecule has 3 aromatic rings. The van der Waals surface area contributed by atoms with Gasteiger partial charge in [0.15, 0.2) is 0 Å². The van der Waals surface area contributed by atoms with E-state index in [4.69, 9.17) is 10.8 Å². The fraction of sp³-hybridized carbons (Fsp3) is 0.238. The summed E-state index contributed by atoms with van der Waals surface area (Å²) in [7, 11) is 0. The first kappa shape index (κ1) is 18.7. The predicted molar refractivity (Wildman–Crippen MR) is 106 cm³/mol. The molecule has 0 saturated heterocycles. The van der Waals surface area contributed by atoms with E-state index in [0.717, 1.165) is 34.9 Å². The van der Waals surface area contributed by atoms with E-state index < -0.39 is 12.0 Å². The minimum Gasteiger partial charge on any atom is -0.480 e. The first-order valence-corrected chi connectivity index (χ1v) is 8.98. The number of hydrogen-bond donors (Lipinski definition) is 4. The average Bonchev–Trinajstić information content (AvgIpc) is 3.11. The lowest BCUT2D eigenvalue weighted by atomic mass is 9.94. The van der Waals surface area contributed by atoms with Gasteiger partial charge in [0, 0.05) is 17.4 Å². The van der Waals surface area contributed by atoms with Crippen LogP contribution in [0.15, 0.2) is 48.5 Å². The number of carbonyl (C=O) groups is 2. The molecule has 0 aliphatic carbocycles. The van der Waals surface area contributed by atoms with E-state index in [9.17, 15) is 9.59 Å². The first-order chi connectivity index (χ1) is 13.0. The molecule has 1 atom stereocenters. The molecule has 1 unspecified atom stereocenters. The van der Waals surface area contributed by atoms with Crippen molar-refractivity contribution in [2.45, 2.75) is 25.8 Å². The molecule has 1 amide bonds. The van der Waals surface area contributed by atoms with Gasteiger partial charge in [-0.25, -0.2) is 0 Å². The van der Waals surface area contributed by atoms with E-state index in [1.165, 1.54) is 5.56 Å². The zero-order valence-corrected chi connectivity index (χ0v) is 15.2. The van der Waals surface area contributed by atoms with Gasteiger partial charge in [-0.3, -0.25) is 9.59 Å². The molecular weight excluding hydrogens is 342 g/mol. The molecule has 0 saturated carbocycles. The number of benzene rings is 2. The van der Waals surface area contributed by atoms with Gasteiger partial charge in [0.05, 0.1) is 0 Å². The van der Waals surface area contributed by atoms with E-state index in [2.05, 4.69) is 29.4 Å². The van der Waals surface area contributed by atoms with Crippen LogP contribution in [-0.2, 0) is 11.2 Å². The van der Waals surface area contributed by atoms with E-state index >= 15 is 0 Å². The van der Waals surface area contributed by atoms with Crippen LogP contribution < -0.4 is 11.1 Å². The third kappa shape index (κ3) is 4.01. The Hall–Kier alpha value is -3.12. The highest BCUT2D eigenvalue weighted by atomic mass is 16.4. The van der Waals surface area contributed by atoms with Crippen molar-refractivity contribution in [1.82, 2.24) is 10.3 Å². The summed E-state index contributed by atoms with van der Waals surface area (Å²) in [6.45, 7) is 2.02. The van der Waals surface area contributed by atoms with E-state index in [-0.39, 0.29) is 12.5 Å². The number of carboxylic acids is 1. The van der Waals surface area contributed by atoms with Crippen LogP contribution in [0.5, 0.6) is 0 Å². The van der Waals surface area contributed by atoms with Crippen molar-refractivity contribution < 1.29 is 14.7 Å². The summed E-state index contributed by atoms with van der Waals surface area (Å²) in [4.78, 5) is 26.3. The lowest BCUT2D eigenvalue weighted by Gasteiger charge is -2.10. The maximum atomic E-state index is 12.4. The Labute approximate surface area is 157 Å². The molecule has 1 heterocycles. The van der Waals surface area contributed by atoms with Gasteiger partial charge in [-0.1, -0.05) is 49.7 Å². The minimum atomic E-state index is -1.15. The van der Waals surface area contributed by atoms with E-state index in [1.54, 1.807) is 6.07 Å². The third-order valence-electron chi connectivity index (χ3n) is 4.54. The normalized spacial score (nSPS) is 12.1. The molecule has 6 nitrogen and oxygen atoms in total. The number of hydrogen-bond acceptors (Lipinski definition) is 3. The first-order valence-electron chi connectivity index (χ1n) is 8.98. The Morgan fingerprint density at radius 3 is 2.63 bits per heavy atom. The highest BCUT2D eigenvalue weighted by Crippen LogP contribution is 2.32. The van der Waals surface area contributed by atoms with Gasteiger partial charge in [-0.15, -0.1) is 0 Å². The lowest BCUT2D eigenvalue weighted by Crippen LogP contribution is -2.42. The van der Waals surface area contributed by atoms with Gasteiger partial charge >= 0.3 is 5.97 Å². The zero-order valence-electron chi connectivity index (χ0n) is 15.2. The Kier molecular flexibility index (Phi) is 5.57. The van der Waals surface area contributed by atoms with Crippen LogP contribution in [0, 0.1) is 0 Å². The quantitative estimate of drug-likeness (QED) is 0.516. The Bertz CT molecular complexity index is 978. The summed E-state index contributed by atoms with van der Waals surface area (Å²) in [6, 6.07) is 14.9. The number of amides is 1. The Morgan fingerprint density at radius 1 is 1.15 bits per heavy atom. The maximum Gasteiger partial charge on any atom is 0.322 e. The van der Waals surface area contributed by atoms with Crippen LogP contribution in [0.4, 0.5) is 0 Å². The molecule has 0 aliphatic rings. The number of fused-ring (bicyclic) bond motifs is 1. The minimum absolute atomic E-state index is 0.129. The lowest BCUT2D eigenvalue weighted by molar-refractivity contribution is -0.138. The number of aliphatic carboxylic acids is 1. The second-order valence-corrected chi connectivity index (χ2v) is 6.51. The van der Waals surface area contributed by atoms with Crippen molar-refractivity contribution in [2.24, 2.45) is 5.73 Å². The van der Waals surface area contributed by atoms with Gasteiger partial charge in [0.25, 0.3) is 5.91 Å². The van der Waals surface area contributed by atoms with Gasteiger partial charge in [-0.05, 0) is 35.2 Å². The predicted octanol–water partition coefficient (Wildman–Crippen LogP) is 2.93. The summed E-state index contributed by atoms with van der Waals surface area (Å²) in [5.74, 6) is -1.53. The second-order valence-electron chi connectivity index (χ2n) is 6.51. The molecule has 3 rings (SSSR count). The average molecular weight is 365 g/mol. The van der Waals surface area contributed by atoms with E-state index in [1.807, 2.05) is 30.3 Å². The summed E-state index contributed by atoms with van der Waals surface area (Å²) < 4.78 is 0. The number of carbonyl (C=O) groups excluding carboxylic acids is 1. The molecule has 140 valence electrons. The summed E-state index contributed by atoms with van der Waals surface area (Å²) in [5, 5.41) is 12.3. The van der Waals surface area contributed by atoms with Crippen LogP contribution in [-0.4, -0.2) is 34.6 Å². The SMILES string of the molecule is CCCc1ccccc1-c1cccc2[nH]c(C(=O)NCC(N)C(=O)O)cc12. The number of nitrogens with two attached hydrogens (primary N) is 1. The number of aryl methyl sites for hydroxylation is 1. The largest absolute Gasteiger partial charge is 0.480 e. The van der Waals surface area contributed by atoms with Crippen LogP contribution >= 0.6 is 0 Å². The highest BCUT2D eigenvalue weighted by Gasteiger charge is 2.16. The molecule has 0 aliphatic heterocycles. The Balaban J connectivity index is 1.94. The fourth-order valence-electron chi connectivity index (χ4n) is 3.17. The van der Waals surface area contributed by atoms with Crippen molar-refractivity contribution in [2.75, 3.05) is 6.54 Å². The molecule has 5 N–H and O–H groups in total. The molecule has 6 heteroatoms. The summed E-state index contributed by atoms with van der Waals surface area (Å²) >= 11 is 0. The van der Waals surface area contributed by atoms with Crippen molar-refractivity contribution in [3.05, 3.63) is 59.8 Å². The zero-order chi connectivity index (χ0) is 19.4. The number of nitrogens with one attached hydrogen (secondary N) is 2. The van der Waals surface area contributed by atoms with Gasteiger partial charge < -0.3 is 21.1 Å². The number of carboxylic acid groups (broad SMARTS) is 1. The van der Waals surface area contributed by atoms with Crippen LogP contribution in [0.3, 0.4) is 0 Å². The maximum absolute atomic E-state index is 12.4. The standard InChI is InChI=1S/C21H23N3O3/c1-2-6-13-7-3-4-8-14(13)15-9-5-10-18-16(15)11-19(24-18)20(25)23-12-17(22)21(26)27/h3-5,7-11,17,24H,2,6,12,22H2,1H3,(H,23,25)(H,26,27). The second kappa shape index (κ2) is 8.05. The molecule has 0 fully saturated rings. The molecule has 2 aromatic carbocycles. The monoisotopic (exact) mass is 365 g/mol. The number of aromatic amines is 1. The van der Waals surface area contributed by atoms with E-state index in [0.29, 0.717) is 5.69 Å². The van der Waals surface area contributed by atoms with Gasteiger partial charge in [0.2, 0.25) is 0 Å². The molecule has 0 radical (unpaired) electrons. The Morgan fingerprint density at radius 2 is 1.89 bits per heavy atom. The van der Waals surface area contributed by atoms with Crippen molar-refractivity contribution in [3.8, 4) is 11.1 Å². The van der Waals surface area contributed by atoms with Crippen molar-refractivity contribution in [1.29, 1.82) is 0 Å². The summed E-state index contributed by atoms with van der Waals surface area (Å²) in [6.07, 6.45) is 2.04. The van der Waals surface area contributed by atoms with Crippen LogP contribution in [0.1, 0.15) is 29.4 Å². The summed E-state index contributed by atoms with van der Waals surface area (Å²) in [5.41, 5.74) is 10.2. The topological polar surface area (TPSA) is 108 Å². The van der Waals surface area contributed by atoms with Gasteiger partial charge in [-0.2, -0.15) is 0 Å². The van der Waals surface area contributed by atoms with Crippen LogP contribution in [0.25, 0.3) is 22.0 Å². The molecule has 0 bridgehead atoms. The molecule has 27 heavy (non-hydrogen) atoms. The highest BCUT2D eigenvalue weighted by molar-refractivity contribution is 6.03. The fourth-order valence-corrected chi connectivity index (χ4v) is 3.17. The van der Waals surface area contributed by atoms with Crippen LogP contribution in [0.2, 0.25) is 0 Å². The smallest absolute Gasteiger partial charge is 0.322 e. The van der Waals surface area contributed by atoms with Crippen molar-refractivity contribution >= 4 is 22.8 Å². The number of rotatable bonds is 7. The molecule has 0 spiro atoms.